The van der Waals surface area contributed by atoms with Gasteiger partial charge in [-0.3, -0.25) is 9.59 Å². The number of nitrogens with one attached hydrogen (secondary N) is 1. The molecule has 4 rings (SSSR count). The van der Waals surface area contributed by atoms with Crippen LogP contribution >= 0.6 is 0 Å². The summed E-state index contributed by atoms with van der Waals surface area (Å²) in [6, 6.07) is 12.9. The molecule has 1 N–H and O–H groups in total. The average molecular weight is 404 g/mol. The Kier molecular flexibility index (Phi) is 5.61. The van der Waals surface area contributed by atoms with Gasteiger partial charge in [-0.15, -0.1) is 0 Å². The van der Waals surface area contributed by atoms with Gasteiger partial charge in [0, 0.05) is 42.4 Å². The first-order valence-corrected chi connectivity index (χ1v) is 10.1. The van der Waals surface area contributed by atoms with E-state index in [4.69, 9.17) is 4.52 Å². The van der Waals surface area contributed by atoms with E-state index in [1.807, 2.05) is 54.3 Å². The number of rotatable bonds is 4. The third kappa shape index (κ3) is 4.25. The normalized spacial score (nSPS) is 13.9. The Morgan fingerprint density at radius 3 is 2.60 bits per heavy atom. The van der Waals surface area contributed by atoms with E-state index in [1.54, 1.807) is 0 Å². The van der Waals surface area contributed by atoms with Gasteiger partial charge in [-0.2, -0.15) is 4.98 Å². The highest BCUT2D eigenvalue weighted by Crippen LogP contribution is 2.27. The molecule has 0 atom stereocenters. The van der Waals surface area contributed by atoms with E-state index in [2.05, 4.69) is 15.5 Å². The fourth-order valence-electron chi connectivity index (χ4n) is 3.61. The number of hydrogen-bond acceptors (Lipinski definition) is 5. The van der Waals surface area contributed by atoms with Gasteiger partial charge in [0.15, 0.2) is 0 Å². The number of carbonyl (C=O) groups excluding carboxylic acids is 2. The summed E-state index contributed by atoms with van der Waals surface area (Å²) in [4.78, 5) is 30.6. The van der Waals surface area contributed by atoms with Crippen molar-refractivity contribution in [3.63, 3.8) is 0 Å². The SMILES string of the molecule is CC(=O)Nc1cc(-c2nc(-c3cccc(C(=O)N4CCCCC4)c3)no2)ccc1C. The zero-order chi connectivity index (χ0) is 21.1. The number of anilines is 1. The van der Waals surface area contributed by atoms with Crippen LogP contribution in [-0.2, 0) is 4.79 Å². The smallest absolute Gasteiger partial charge is 0.258 e. The number of amides is 2. The summed E-state index contributed by atoms with van der Waals surface area (Å²) in [5.41, 5.74) is 3.71. The third-order valence-electron chi connectivity index (χ3n) is 5.23. The minimum Gasteiger partial charge on any atom is -0.339 e. The van der Waals surface area contributed by atoms with Crippen LogP contribution in [-0.4, -0.2) is 39.9 Å². The van der Waals surface area contributed by atoms with Crippen LogP contribution in [0, 0.1) is 6.92 Å². The summed E-state index contributed by atoms with van der Waals surface area (Å²) in [5.74, 6) is 0.666. The number of benzene rings is 2. The highest BCUT2D eigenvalue weighted by Gasteiger charge is 2.19. The van der Waals surface area contributed by atoms with Gasteiger partial charge in [0.2, 0.25) is 11.7 Å². The van der Waals surface area contributed by atoms with E-state index in [9.17, 15) is 9.59 Å². The molecule has 1 aliphatic heterocycles. The van der Waals surface area contributed by atoms with Crippen molar-refractivity contribution in [3.05, 3.63) is 53.6 Å². The Labute approximate surface area is 175 Å². The number of piperidine rings is 1. The van der Waals surface area contributed by atoms with E-state index in [-0.39, 0.29) is 11.8 Å². The molecule has 0 saturated carbocycles. The fourth-order valence-corrected chi connectivity index (χ4v) is 3.61. The predicted octanol–water partition coefficient (Wildman–Crippen LogP) is 4.30. The van der Waals surface area contributed by atoms with Gasteiger partial charge < -0.3 is 14.7 Å². The Morgan fingerprint density at radius 2 is 1.83 bits per heavy atom. The lowest BCUT2D eigenvalue weighted by Gasteiger charge is -2.26. The minimum absolute atomic E-state index is 0.0405. The Hall–Kier alpha value is -3.48. The maximum Gasteiger partial charge on any atom is 0.258 e. The molecule has 7 nitrogen and oxygen atoms in total. The van der Waals surface area contributed by atoms with Gasteiger partial charge >= 0.3 is 0 Å². The van der Waals surface area contributed by atoms with E-state index < -0.39 is 0 Å². The van der Waals surface area contributed by atoms with Crippen molar-refractivity contribution in [2.24, 2.45) is 0 Å². The number of nitrogens with zero attached hydrogens (tertiary/aromatic N) is 3. The molecule has 0 spiro atoms. The van der Waals surface area contributed by atoms with Crippen molar-refractivity contribution in [3.8, 4) is 22.8 Å². The molecule has 3 aromatic rings. The van der Waals surface area contributed by atoms with Gasteiger partial charge in [-0.1, -0.05) is 23.4 Å². The number of carbonyl (C=O) groups is 2. The van der Waals surface area contributed by atoms with Crippen molar-refractivity contribution < 1.29 is 14.1 Å². The first-order chi connectivity index (χ1) is 14.5. The summed E-state index contributed by atoms with van der Waals surface area (Å²) in [5, 5.41) is 6.89. The molecule has 1 aromatic heterocycles. The van der Waals surface area contributed by atoms with Gasteiger partial charge in [0.1, 0.15) is 0 Å². The molecular weight excluding hydrogens is 380 g/mol. The summed E-state index contributed by atoms with van der Waals surface area (Å²) in [6.45, 7) is 4.99. The molecule has 0 bridgehead atoms. The average Bonchev–Trinajstić information content (AvgIpc) is 3.25. The summed E-state index contributed by atoms with van der Waals surface area (Å²) >= 11 is 0. The van der Waals surface area contributed by atoms with Crippen LogP contribution < -0.4 is 5.32 Å². The van der Waals surface area contributed by atoms with Gasteiger partial charge in [-0.05, 0) is 56.0 Å². The zero-order valence-electron chi connectivity index (χ0n) is 17.1. The lowest BCUT2D eigenvalue weighted by atomic mass is 10.1. The molecule has 154 valence electrons. The van der Waals surface area contributed by atoms with E-state index in [1.165, 1.54) is 13.3 Å². The maximum atomic E-state index is 12.8. The molecule has 30 heavy (non-hydrogen) atoms. The molecular formula is C23H24N4O3. The number of hydrogen-bond donors (Lipinski definition) is 1. The molecule has 0 unspecified atom stereocenters. The predicted molar refractivity (Wildman–Crippen MR) is 114 cm³/mol. The van der Waals surface area contributed by atoms with Crippen LogP contribution in [0.25, 0.3) is 22.8 Å². The third-order valence-corrected chi connectivity index (χ3v) is 5.23. The molecule has 2 aromatic carbocycles. The summed E-state index contributed by atoms with van der Waals surface area (Å²) < 4.78 is 5.45. The lowest BCUT2D eigenvalue weighted by Crippen LogP contribution is -2.35. The van der Waals surface area contributed by atoms with Crippen molar-refractivity contribution in [1.82, 2.24) is 15.0 Å². The summed E-state index contributed by atoms with van der Waals surface area (Å²) in [6.07, 6.45) is 3.28. The highest BCUT2D eigenvalue weighted by atomic mass is 16.5. The molecule has 1 aliphatic rings. The summed E-state index contributed by atoms with van der Waals surface area (Å²) in [7, 11) is 0. The number of likely N-dealkylation sites (tertiary alicyclic amines) is 1. The maximum absolute atomic E-state index is 12.8. The zero-order valence-corrected chi connectivity index (χ0v) is 17.1. The molecule has 0 aliphatic carbocycles. The van der Waals surface area contributed by atoms with Crippen molar-refractivity contribution in [2.75, 3.05) is 18.4 Å². The second-order valence-electron chi connectivity index (χ2n) is 7.57. The van der Waals surface area contributed by atoms with Crippen LogP contribution in [0.4, 0.5) is 5.69 Å². The van der Waals surface area contributed by atoms with Crippen LogP contribution in [0.5, 0.6) is 0 Å². The molecule has 1 saturated heterocycles. The van der Waals surface area contributed by atoms with E-state index >= 15 is 0 Å². The minimum atomic E-state index is -0.142. The Balaban J connectivity index is 1.59. The molecule has 7 heteroatoms. The molecule has 2 heterocycles. The topological polar surface area (TPSA) is 88.3 Å². The van der Waals surface area contributed by atoms with Gasteiger partial charge in [-0.25, -0.2) is 0 Å². The van der Waals surface area contributed by atoms with Crippen molar-refractivity contribution >= 4 is 17.5 Å². The van der Waals surface area contributed by atoms with Crippen LogP contribution in [0.2, 0.25) is 0 Å². The lowest BCUT2D eigenvalue weighted by molar-refractivity contribution is -0.114. The van der Waals surface area contributed by atoms with Gasteiger partial charge in [0.05, 0.1) is 0 Å². The first-order valence-electron chi connectivity index (χ1n) is 10.1. The number of aromatic nitrogens is 2. The van der Waals surface area contributed by atoms with Crippen LogP contribution in [0.3, 0.4) is 0 Å². The number of aryl methyl sites for hydroxylation is 1. The monoisotopic (exact) mass is 404 g/mol. The quantitative estimate of drug-likeness (QED) is 0.700. The second kappa shape index (κ2) is 8.49. The van der Waals surface area contributed by atoms with Crippen LogP contribution in [0.15, 0.2) is 47.0 Å². The van der Waals surface area contributed by atoms with Gasteiger partial charge in [0.25, 0.3) is 11.8 Å². The van der Waals surface area contributed by atoms with Crippen molar-refractivity contribution in [1.29, 1.82) is 0 Å². The largest absolute Gasteiger partial charge is 0.339 e. The molecule has 1 fully saturated rings. The fraction of sp³-hybridized carbons (Fsp3) is 0.304. The highest BCUT2D eigenvalue weighted by molar-refractivity contribution is 5.95. The van der Waals surface area contributed by atoms with Crippen molar-refractivity contribution in [2.45, 2.75) is 33.1 Å². The van der Waals surface area contributed by atoms with E-state index in [0.29, 0.717) is 28.5 Å². The van der Waals surface area contributed by atoms with Crippen LogP contribution in [0.1, 0.15) is 42.1 Å². The molecule has 0 radical (unpaired) electrons. The molecule has 2 amide bonds. The Bertz CT molecular complexity index is 1080. The standard InChI is InChI=1S/C23H24N4O3/c1-15-9-10-18(14-20(15)24-16(2)28)22-25-21(26-30-22)17-7-6-8-19(13-17)23(29)27-11-4-3-5-12-27/h6-10,13-14H,3-5,11-12H2,1-2H3,(H,24,28). The van der Waals surface area contributed by atoms with E-state index in [0.717, 1.165) is 37.1 Å². The first kappa shape index (κ1) is 19.8. The Morgan fingerprint density at radius 1 is 1.03 bits per heavy atom. The second-order valence-corrected chi connectivity index (χ2v) is 7.57.